The second-order valence-electron chi connectivity index (χ2n) is 8.15. The van der Waals surface area contributed by atoms with Gasteiger partial charge in [0.15, 0.2) is 0 Å². The third-order valence-corrected chi connectivity index (χ3v) is 6.33. The van der Waals surface area contributed by atoms with Gasteiger partial charge in [-0.05, 0) is 65.2 Å². The summed E-state index contributed by atoms with van der Waals surface area (Å²) >= 11 is 6.32. The molecule has 36 heavy (non-hydrogen) atoms. The molecule has 2 N–H and O–H groups in total. The summed E-state index contributed by atoms with van der Waals surface area (Å²) in [5.41, 5.74) is 3.93. The Labute approximate surface area is 210 Å². The van der Waals surface area contributed by atoms with Gasteiger partial charge in [0.25, 0.3) is 5.91 Å². The van der Waals surface area contributed by atoms with E-state index in [2.05, 4.69) is 5.32 Å². The van der Waals surface area contributed by atoms with Crippen LogP contribution in [-0.2, 0) is 0 Å². The van der Waals surface area contributed by atoms with Crippen LogP contribution in [0.15, 0.2) is 89.3 Å². The molecular weight excluding hydrogens is 481 g/mol. The first-order valence-electron chi connectivity index (χ1n) is 11.0. The number of benzene rings is 4. The Kier molecular flexibility index (Phi) is 6.04. The first-order valence-corrected chi connectivity index (χ1v) is 11.4. The number of hydrogen-bond donors (Lipinski definition) is 2. The van der Waals surface area contributed by atoms with Crippen LogP contribution in [0.1, 0.15) is 20.7 Å². The van der Waals surface area contributed by atoms with Crippen LogP contribution in [0.3, 0.4) is 0 Å². The minimum absolute atomic E-state index is 0.103. The van der Waals surface area contributed by atoms with E-state index in [-0.39, 0.29) is 11.5 Å². The Balaban J connectivity index is 1.67. The second kappa shape index (κ2) is 9.32. The van der Waals surface area contributed by atoms with E-state index in [0.717, 1.165) is 0 Å². The topological polar surface area (TPSA) is 79.5 Å². The van der Waals surface area contributed by atoms with Crippen LogP contribution in [0.5, 0.6) is 0 Å². The predicted octanol–water partition coefficient (Wildman–Crippen LogP) is 7.28. The molecule has 5 rings (SSSR count). The van der Waals surface area contributed by atoms with Gasteiger partial charge in [-0.15, -0.1) is 0 Å². The van der Waals surface area contributed by atoms with Crippen molar-refractivity contribution >= 4 is 34.4 Å². The number of hydrogen-bond acceptors (Lipinski definition) is 3. The number of furan rings is 1. The molecule has 0 fully saturated rings. The van der Waals surface area contributed by atoms with Crippen molar-refractivity contribution < 1.29 is 23.5 Å². The molecule has 1 amide bonds. The van der Waals surface area contributed by atoms with E-state index >= 15 is 0 Å². The molecule has 0 unspecified atom stereocenters. The molecule has 0 saturated carbocycles. The van der Waals surface area contributed by atoms with E-state index in [9.17, 15) is 19.1 Å². The smallest absolute Gasteiger partial charge is 0.336 e. The molecule has 0 aliphatic carbocycles. The maximum atomic E-state index is 13.5. The highest BCUT2D eigenvalue weighted by atomic mass is 35.5. The molecule has 0 atom stereocenters. The number of rotatable bonds is 5. The van der Waals surface area contributed by atoms with E-state index in [4.69, 9.17) is 16.0 Å². The Morgan fingerprint density at radius 1 is 0.861 bits per heavy atom. The quantitative estimate of drug-likeness (QED) is 0.266. The Morgan fingerprint density at radius 3 is 2.22 bits per heavy atom. The minimum atomic E-state index is -1.08. The summed E-state index contributed by atoms with van der Waals surface area (Å²) in [4.78, 5) is 25.0. The second-order valence-corrected chi connectivity index (χ2v) is 8.56. The molecule has 7 heteroatoms. The highest BCUT2D eigenvalue weighted by Gasteiger charge is 2.22. The zero-order valence-corrected chi connectivity index (χ0v) is 19.8. The Morgan fingerprint density at radius 2 is 1.53 bits per heavy atom. The van der Waals surface area contributed by atoms with Crippen LogP contribution in [-0.4, -0.2) is 24.0 Å². The number of aromatic carboxylic acids is 1. The minimum Gasteiger partial charge on any atom is -0.478 e. The van der Waals surface area contributed by atoms with Gasteiger partial charge in [0.1, 0.15) is 17.2 Å². The van der Waals surface area contributed by atoms with E-state index in [1.165, 1.54) is 19.2 Å². The van der Waals surface area contributed by atoms with Gasteiger partial charge in [0.05, 0.1) is 11.1 Å². The molecule has 5 nitrogen and oxygen atoms in total. The van der Waals surface area contributed by atoms with Gasteiger partial charge < -0.3 is 14.8 Å². The summed E-state index contributed by atoms with van der Waals surface area (Å²) in [6.45, 7) is 0. The fourth-order valence-electron chi connectivity index (χ4n) is 4.25. The molecule has 0 aliphatic heterocycles. The van der Waals surface area contributed by atoms with E-state index in [1.807, 2.05) is 6.07 Å². The summed E-state index contributed by atoms with van der Waals surface area (Å²) in [5.74, 6) is -1.51. The van der Waals surface area contributed by atoms with Gasteiger partial charge in [-0.25, -0.2) is 9.18 Å². The van der Waals surface area contributed by atoms with Crippen LogP contribution < -0.4 is 5.32 Å². The monoisotopic (exact) mass is 499 g/mol. The van der Waals surface area contributed by atoms with Crippen molar-refractivity contribution in [1.29, 1.82) is 0 Å². The maximum Gasteiger partial charge on any atom is 0.336 e. The molecular formula is C29H19ClFNO4. The number of carbonyl (C=O) groups is 2. The SMILES string of the molecule is CNC(=O)c1c(-c2ccc(F)cc2)oc2ccc(-c3ccc(-c4ccccc4Cl)c(C(=O)O)c3)cc12. The van der Waals surface area contributed by atoms with Gasteiger partial charge in [-0.2, -0.15) is 0 Å². The van der Waals surface area contributed by atoms with Crippen molar-refractivity contribution in [2.45, 2.75) is 0 Å². The van der Waals surface area contributed by atoms with Crippen molar-refractivity contribution in [3.63, 3.8) is 0 Å². The lowest BCUT2D eigenvalue weighted by molar-refractivity contribution is 0.0697. The molecule has 1 heterocycles. The van der Waals surface area contributed by atoms with Crippen LogP contribution in [0.2, 0.25) is 5.02 Å². The third-order valence-electron chi connectivity index (χ3n) is 6.00. The molecule has 0 radical (unpaired) electrons. The van der Waals surface area contributed by atoms with Crippen LogP contribution >= 0.6 is 11.6 Å². The predicted molar refractivity (Wildman–Crippen MR) is 138 cm³/mol. The van der Waals surface area contributed by atoms with E-state index < -0.39 is 11.8 Å². The zero-order valence-electron chi connectivity index (χ0n) is 19.0. The first kappa shape index (κ1) is 23.3. The fraction of sp³-hybridized carbons (Fsp3) is 0.0345. The fourth-order valence-corrected chi connectivity index (χ4v) is 4.48. The van der Waals surface area contributed by atoms with Crippen molar-refractivity contribution in [3.05, 3.63) is 107 Å². The summed E-state index contributed by atoms with van der Waals surface area (Å²) in [6.07, 6.45) is 0. The van der Waals surface area contributed by atoms with Gasteiger partial charge in [0.2, 0.25) is 0 Å². The average molecular weight is 500 g/mol. The lowest BCUT2D eigenvalue weighted by Crippen LogP contribution is -2.18. The van der Waals surface area contributed by atoms with Crippen molar-refractivity contribution in [1.82, 2.24) is 5.32 Å². The molecule has 0 bridgehead atoms. The molecule has 1 aromatic heterocycles. The van der Waals surface area contributed by atoms with E-state index in [1.54, 1.807) is 66.7 Å². The maximum absolute atomic E-state index is 13.5. The largest absolute Gasteiger partial charge is 0.478 e. The van der Waals surface area contributed by atoms with Crippen LogP contribution in [0, 0.1) is 5.82 Å². The number of carbonyl (C=O) groups excluding carboxylic acids is 1. The molecule has 4 aromatic carbocycles. The summed E-state index contributed by atoms with van der Waals surface area (Å²) < 4.78 is 19.5. The summed E-state index contributed by atoms with van der Waals surface area (Å²) in [6, 6.07) is 23.2. The van der Waals surface area contributed by atoms with Crippen molar-refractivity contribution in [3.8, 4) is 33.6 Å². The zero-order chi connectivity index (χ0) is 25.4. The lowest BCUT2D eigenvalue weighted by Gasteiger charge is -2.11. The number of nitrogens with one attached hydrogen (secondary N) is 1. The molecule has 0 spiro atoms. The van der Waals surface area contributed by atoms with Crippen molar-refractivity contribution in [2.75, 3.05) is 7.05 Å². The molecule has 0 aliphatic rings. The number of fused-ring (bicyclic) bond motifs is 1. The van der Waals surface area contributed by atoms with Gasteiger partial charge in [0, 0.05) is 28.6 Å². The number of amides is 1. The number of carboxylic acids is 1. The first-order chi connectivity index (χ1) is 17.4. The number of carboxylic acid groups (broad SMARTS) is 1. The number of halogens is 2. The lowest BCUT2D eigenvalue weighted by atomic mass is 9.94. The van der Waals surface area contributed by atoms with E-state index in [0.29, 0.717) is 55.1 Å². The van der Waals surface area contributed by atoms with Crippen LogP contribution in [0.4, 0.5) is 4.39 Å². The van der Waals surface area contributed by atoms with Gasteiger partial charge in [-0.1, -0.05) is 48.0 Å². The highest BCUT2D eigenvalue weighted by Crippen LogP contribution is 2.38. The van der Waals surface area contributed by atoms with Crippen LogP contribution in [0.25, 0.3) is 44.5 Å². The van der Waals surface area contributed by atoms with Crippen molar-refractivity contribution in [2.24, 2.45) is 0 Å². The molecule has 5 aromatic rings. The van der Waals surface area contributed by atoms with Gasteiger partial charge >= 0.3 is 5.97 Å². The molecule has 178 valence electrons. The summed E-state index contributed by atoms with van der Waals surface area (Å²) in [7, 11) is 1.52. The Bertz CT molecular complexity index is 1640. The van der Waals surface area contributed by atoms with Gasteiger partial charge in [-0.3, -0.25) is 4.79 Å². The normalized spacial score (nSPS) is 11.0. The highest BCUT2D eigenvalue weighted by molar-refractivity contribution is 6.33. The average Bonchev–Trinajstić information content (AvgIpc) is 3.27. The summed E-state index contributed by atoms with van der Waals surface area (Å²) in [5, 5.41) is 13.6. The molecule has 0 saturated heterocycles. The third kappa shape index (κ3) is 4.12. The Hall–Kier alpha value is -4.42. The standard InChI is InChI=1S/C29H19ClFNO4/c1-32-28(33)26-23-15-18(9-13-25(23)36-27(26)16-6-10-19(31)11-7-16)17-8-12-20(22(14-17)29(34)35)21-4-2-3-5-24(21)30/h2-15H,1H3,(H,32,33)(H,34,35).